The predicted octanol–water partition coefficient (Wildman–Crippen LogP) is 4.82. The van der Waals surface area contributed by atoms with Gasteiger partial charge in [-0.1, -0.05) is 0 Å². The van der Waals surface area contributed by atoms with Gasteiger partial charge in [-0.2, -0.15) is 0 Å². The van der Waals surface area contributed by atoms with Gasteiger partial charge in [-0.05, 0) is 36.4 Å². The molecule has 0 atom stereocenters. The molecule has 3 aromatic rings. The van der Waals surface area contributed by atoms with Gasteiger partial charge in [-0.3, -0.25) is 0 Å². The van der Waals surface area contributed by atoms with E-state index in [1.165, 1.54) is 0 Å². The van der Waals surface area contributed by atoms with Crippen LogP contribution in [0, 0.1) is 0 Å². The van der Waals surface area contributed by atoms with Crippen LogP contribution < -0.4 is 9.47 Å². The molecule has 0 unspecified atom stereocenters. The molecule has 0 saturated heterocycles. The monoisotopic (exact) mass is 324 g/mol. The minimum atomic E-state index is 0.459. The number of furan rings is 1. The van der Waals surface area contributed by atoms with Crippen molar-refractivity contribution in [1.82, 2.24) is 0 Å². The highest BCUT2D eigenvalue weighted by Gasteiger charge is 2.09. The molecule has 0 aliphatic rings. The Bertz CT molecular complexity index is 689. The van der Waals surface area contributed by atoms with Crippen LogP contribution in [0.25, 0.3) is 21.9 Å². The van der Waals surface area contributed by atoms with Crippen molar-refractivity contribution in [3.63, 3.8) is 0 Å². The van der Waals surface area contributed by atoms with E-state index in [9.17, 15) is 0 Å². The number of hydrogen-bond donors (Lipinski definition) is 0. The van der Waals surface area contributed by atoms with Crippen LogP contribution >= 0.6 is 23.2 Å². The Labute approximate surface area is 132 Å². The Balaban J connectivity index is 2.03. The van der Waals surface area contributed by atoms with Crippen LogP contribution in [-0.2, 0) is 0 Å². The summed E-state index contributed by atoms with van der Waals surface area (Å²) in [5.41, 5.74) is 1.63. The molecule has 1 heterocycles. The Kier molecular flexibility index (Phi) is 4.42. The topological polar surface area (TPSA) is 31.6 Å². The molecule has 0 spiro atoms. The Morgan fingerprint density at radius 3 is 1.67 bits per heavy atom. The maximum Gasteiger partial charge on any atom is 0.135 e. The van der Waals surface area contributed by atoms with E-state index in [0.717, 1.165) is 33.4 Å². The van der Waals surface area contributed by atoms with E-state index < -0.39 is 0 Å². The average molecular weight is 325 g/mol. The third-order valence-corrected chi connectivity index (χ3v) is 3.41. The first-order valence-electron chi connectivity index (χ1n) is 6.65. The summed E-state index contributed by atoms with van der Waals surface area (Å²) in [6.45, 7) is 0.958. The van der Waals surface area contributed by atoms with Crippen LogP contribution in [-0.4, -0.2) is 25.0 Å². The highest BCUT2D eigenvalue weighted by atomic mass is 35.5. The van der Waals surface area contributed by atoms with Crippen molar-refractivity contribution in [2.24, 2.45) is 0 Å². The molecule has 0 fully saturated rings. The molecule has 2 aromatic carbocycles. The van der Waals surface area contributed by atoms with Gasteiger partial charge >= 0.3 is 0 Å². The van der Waals surface area contributed by atoms with E-state index in [2.05, 4.69) is 0 Å². The second-order valence-corrected chi connectivity index (χ2v) is 5.25. The van der Waals surface area contributed by atoms with Gasteiger partial charge in [-0.25, -0.2) is 0 Å². The molecule has 0 amide bonds. The molecule has 0 bridgehead atoms. The number of benzene rings is 2. The van der Waals surface area contributed by atoms with Crippen molar-refractivity contribution >= 4 is 45.1 Å². The summed E-state index contributed by atoms with van der Waals surface area (Å²) in [7, 11) is 0. The van der Waals surface area contributed by atoms with Gasteiger partial charge in [-0.15, -0.1) is 23.2 Å². The van der Waals surface area contributed by atoms with Crippen LogP contribution in [0.1, 0.15) is 0 Å². The fraction of sp³-hybridized carbons (Fsp3) is 0.250. The van der Waals surface area contributed by atoms with Crippen molar-refractivity contribution in [3.05, 3.63) is 36.4 Å². The zero-order valence-electron chi connectivity index (χ0n) is 11.3. The van der Waals surface area contributed by atoms with E-state index in [1.54, 1.807) is 0 Å². The van der Waals surface area contributed by atoms with Crippen LogP contribution in [0.15, 0.2) is 40.8 Å². The molecule has 21 heavy (non-hydrogen) atoms. The number of fused-ring (bicyclic) bond motifs is 3. The Morgan fingerprint density at radius 1 is 0.762 bits per heavy atom. The minimum Gasteiger partial charge on any atom is -0.492 e. The molecule has 0 aliphatic heterocycles. The smallest absolute Gasteiger partial charge is 0.135 e. The molecule has 5 heteroatoms. The summed E-state index contributed by atoms with van der Waals surface area (Å²) < 4.78 is 16.9. The summed E-state index contributed by atoms with van der Waals surface area (Å²) in [5.74, 6) is 2.47. The lowest BCUT2D eigenvalue weighted by Gasteiger charge is -2.04. The molecular formula is C16H14Cl2O3. The maximum atomic E-state index is 5.81. The first-order chi connectivity index (χ1) is 10.3. The summed E-state index contributed by atoms with van der Waals surface area (Å²) in [4.78, 5) is 0. The van der Waals surface area contributed by atoms with Gasteiger partial charge in [0, 0.05) is 10.8 Å². The maximum absolute atomic E-state index is 5.81. The number of alkyl halides is 2. The largest absolute Gasteiger partial charge is 0.492 e. The zero-order valence-corrected chi connectivity index (χ0v) is 12.8. The molecule has 3 nitrogen and oxygen atoms in total. The molecule has 0 N–H and O–H groups in total. The summed E-state index contributed by atoms with van der Waals surface area (Å²) in [6, 6.07) is 11.5. The van der Waals surface area contributed by atoms with Crippen molar-refractivity contribution in [2.75, 3.05) is 25.0 Å². The second kappa shape index (κ2) is 6.46. The van der Waals surface area contributed by atoms with Gasteiger partial charge in [0.15, 0.2) is 0 Å². The van der Waals surface area contributed by atoms with Crippen molar-refractivity contribution in [3.8, 4) is 11.5 Å². The quantitative estimate of drug-likeness (QED) is 0.609. The molecular weight excluding hydrogens is 311 g/mol. The molecule has 1 aromatic heterocycles. The van der Waals surface area contributed by atoms with E-state index >= 15 is 0 Å². The number of rotatable bonds is 6. The lowest BCUT2D eigenvalue weighted by Crippen LogP contribution is -1.97. The average Bonchev–Trinajstić information content (AvgIpc) is 2.88. The highest BCUT2D eigenvalue weighted by molar-refractivity contribution is 6.18. The Morgan fingerprint density at radius 2 is 1.24 bits per heavy atom. The van der Waals surface area contributed by atoms with E-state index in [4.69, 9.17) is 37.1 Å². The van der Waals surface area contributed by atoms with Gasteiger partial charge in [0.2, 0.25) is 0 Å². The third-order valence-electron chi connectivity index (χ3n) is 3.10. The van der Waals surface area contributed by atoms with Crippen LogP contribution in [0.2, 0.25) is 0 Å². The van der Waals surface area contributed by atoms with Gasteiger partial charge < -0.3 is 13.9 Å². The van der Waals surface area contributed by atoms with Crippen molar-refractivity contribution in [2.45, 2.75) is 0 Å². The van der Waals surface area contributed by atoms with Crippen molar-refractivity contribution in [1.29, 1.82) is 0 Å². The first kappa shape index (κ1) is 14.4. The summed E-state index contributed by atoms with van der Waals surface area (Å²) in [5, 5.41) is 1.99. The van der Waals surface area contributed by atoms with Crippen LogP contribution in [0.5, 0.6) is 11.5 Å². The molecule has 0 aliphatic carbocycles. The van der Waals surface area contributed by atoms with Gasteiger partial charge in [0.1, 0.15) is 35.9 Å². The molecule has 110 valence electrons. The molecule has 0 saturated carbocycles. The minimum absolute atomic E-state index is 0.459. The normalized spacial score (nSPS) is 11.1. The fourth-order valence-corrected chi connectivity index (χ4v) is 2.38. The van der Waals surface area contributed by atoms with Gasteiger partial charge in [0.25, 0.3) is 0 Å². The van der Waals surface area contributed by atoms with Crippen molar-refractivity contribution < 1.29 is 13.9 Å². The number of hydrogen-bond acceptors (Lipinski definition) is 3. The zero-order chi connectivity index (χ0) is 14.7. The fourth-order valence-electron chi connectivity index (χ4n) is 2.23. The highest BCUT2D eigenvalue weighted by Crippen LogP contribution is 2.33. The van der Waals surface area contributed by atoms with Crippen LogP contribution in [0.3, 0.4) is 0 Å². The van der Waals surface area contributed by atoms with E-state index in [0.29, 0.717) is 25.0 Å². The SMILES string of the molecule is ClCCOc1ccc2oc3ccc(OCCCl)cc3c2c1. The third kappa shape index (κ3) is 3.04. The lowest BCUT2D eigenvalue weighted by molar-refractivity contribution is 0.343. The lowest BCUT2D eigenvalue weighted by atomic mass is 10.1. The molecule has 3 rings (SSSR count). The van der Waals surface area contributed by atoms with E-state index in [-0.39, 0.29) is 0 Å². The number of halogens is 2. The number of ether oxygens (including phenoxy) is 2. The van der Waals surface area contributed by atoms with E-state index in [1.807, 2.05) is 36.4 Å². The summed E-state index contributed by atoms with van der Waals surface area (Å²) in [6.07, 6.45) is 0. The summed E-state index contributed by atoms with van der Waals surface area (Å²) >= 11 is 11.3. The Hall–Kier alpha value is -1.58. The standard InChI is InChI=1S/C16H14Cl2O3/c17-5-7-19-11-1-3-15-13(9-11)14-10-12(20-8-6-18)2-4-16(14)21-15/h1-4,9-10H,5-8H2. The molecule has 0 radical (unpaired) electrons. The first-order valence-corrected chi connectivity index (χ1v) is 7.72. The van der Waals surface area contributed by atoms with Crippen LogP contribution in [0.4, 0.5) is 0 Å². The van der Waals surface area contributed by atoms with Gasteiger partial charge in [0.05, 0.1) is 11.8 Å². The second-order valence-electron chi connectivity index (χ2n) is 4.49. The predicted molar refractivity (Wildman–Crippen MR) is 86.2 cm³/mol.